The molecule has 0 aliphatic carbocycles. The van der Waals surface area contributed by atoms with Gasteiger partial charge < -0.3 is 5.32 Å². The first-order chi connectivity index (χ1) is 17.0. The molecule has 0 aromatic heterocycles. The van der Waals surface area contributed by atoms with Crippen LogP contribution in [0.1, 0.15) is 16.7 Å². The Bertz CT molecular complexity index is 1390. The van der Waals surface area contributed by atoms with Gasteiger partial charge >= 0.3 is 0 Å². The van der Waals surface area contributed by atoms with E-state index >= 15 is 0 Å². The van der Waals surface area contributed by atoms with Gasteiger partial charge in [0.25, 0.3) is 0 Å². The normalized spacial score (nSPS) is 12.0. The summed E-state index contributed by atoms with van der Waals surface area (Å²) in [4.78, 5) is 12.9. The number of aryl methyl sites for hydroxylation is 2. The standard InChI is InChI=1S/C25H28BrN3O5S2/c1-19-3-11-23(12-4-19)35(31,32)28-16-15-27-25(30)18-29(17-21-7-9-22(26)10-8-21)36(33,34)24-13-5-20(2)6-14-24/h3-14,28H,15-18H2,1-2H3,(H,27,30). The van der Waals surface area contributed by atoms with Gasteiger partial charge in [-0.1, -0.05) is 63.5 Å². The van der Waals surface area contributed by atoms with Crippen molar-refractivity contribution in [3.8, 4) is 0 Å². The monoisotopic (exact) mass is 593 g/mol. The van der Waals surface area contributed by atoms with Gasteiger partial charge in [-0.25, -0.2) is 21.6 Å². The minimum atomic E-state index is -3.97. The molecular weight excluding hydrogens is 566 g/mol. The van der Waals surface area contributed by atoms with E-state index in [1.807, 2.05) is 13.8 Å². The van der Waals surface area contributed by atoms with E-state index in [1.54, 1.807) is 48.5 Å². The Morgan fingerprint density at radius 3 is 1.86 bits per heavy atom. The summed E-state index contributed by atoms with van der Waals surface area (Å²) in [7, 11) is -7.68. The molecule has 0 unspecified atom stereocenters. The maximum absolute atomic E-state index is 13.3. The lowest BCUT2D eigenvalue weighted by atomic mass is 10.2. The molecule has 36 heavy (non-hydrogen) atoms. The number of sulfonamides is 2. The van der Waals surface area contributed by atoms with E-state index in [9.17, 15) is 21.6 Å². The summed E-state index contributed by atoms with van der Waals surface area (Å²) >= 11 is 3.36. The zero-order valence-electron chi connectivity index (χ0n) is 19.9. The molecule has 0 bridgehead atoms. The summed E-state index contributed by atoms with van der Waals surface area (Å²) in [6.45, 7) is 3.25. The summed E-state index contributed by atoms with van der Waals surface area (Å²) < 4.78 is 55.8. The number of carbonyl (C=O) groups is 1. The lowest BCUT2D eigenvalue weighted by Gasteiger charge is -2.22. The highest BCUT2D eigenvalue weighted by Crippen LogP contribution is 2.20. The van der Waals surface area contributed by atoms with Gasteiger partial charge in [0.05, 0.1) is 16.3 Å². The number of carbonyl (C=O) groups excluding carboxylic acids is 1. The smallest absolute Gasteiger partial charge is 0.243 e. The number of rotatable bonds is 11. The predicted octanol–water partition coefficient (Wildman–Crippen LogP) is 3.35. The van der Waals surface area contributed by atoms with Crippen LogP contribution in [0.3, 0.4) is 0 Å². The third-order valence-electron chi connectivity index (χ3n) is 5.32. The number of nitrogens with zero attached hydrogens (tertiary/aromatic N) is 1. The quantitative estimate of drug-likeness (QED) is 0.331. The van der Waals surface area contributed by atoms with Crippen molar-refractivity contribution in [1.82, 2.24) is 14.3 Å². The van der Waals surface area contributed by atoms with Crippen LogP contribution in [0.5, 0.6) is 0 Å². The number of nitrogens with one attached hydrogen (secondary N) is 2. The molecule has 0 fully saturated rings. The van der Waals surface area contributed by atoms with Crippen molar-refractivity contribution in [3.05, 3.63) is 94.0 Å². The topological polar surface area (TPSA) is 113 Å². The van der Waals surface area contributed by atoms with Gasteiger partial charge in [0.15, 0.2) is 0 Å². The van der Waals surface area contributed by atoms with Gasteiger partial charge in [0.1, 0.15) is 0 Å². The second-order valence-corrected chi connectivity index (χ2v) is 12.9. The Balaban J connectivity index is 1.66. The van der Waals surface area contributed by atoms with E-state index < -0.39 is 32.5 Å². The maximum atomic E-state index is 13.3. The van der Waals surface area contributed by atoms with Crippen molar-refractivity contribution >= 4 is 41.9 Å². The highest BCUT2D eigenvalue weighted by Gasteiger charge is 2.27. The molecule has 11 heteroatoms. The van der Waals surface area contributed by atoms with E-state index in [4.69, 9.17) is 0 Å². The Labute approximate surface area is 221 Å². The van der Waals surface area contributed by atoms with Crippen LogP contribution in [-0.2, 0) is 31.4 Å². The van der Waals surface area contributed by atoms with E-state index in [0.29, 0.717) is 5.56 Å². The van der Waals surface area contributed by atoms with E-state index in [2.05, 4.69) is 26.0 Å². The van der Waals surface area contributed by atoms with Crippen LogP contribution in [0, 0.1) is 13.8 Å². The first-order valence-corrected chi connectivity index (χ1v) is 14.8. The average molecular weight is 595 g/mol. The van der Waals surface area contributed by atoms with Gasteiger partial charge in [-0.15, -0.1) is 0 Å². The lowest BCUT2D eigenvalue weighted by Crippen LogP contribution is -2.42. The Kier molecular flexibility index (Phi) is 9.42. The highest BCUT2D eigenvalue weighted by atomic mass is 79.9. The summed E-state index contributed by atoms with van der Waals surface area (Å²) in [5.74, 6) is -0.544. The Hall–Kier alpha value is -2.57. The van der Waals surface area contributed by atoms with E-state index in [-0.39, 0.29) is 29.4 Å². The summed E-state index contributed by atoms with van der Waals surface area (Å²) in [6, 6.07) is 20.0. The first-order valence-electron chi connectivity index (χ1n) is 11.1. The minimum Gasteiger partial charge on any atom is -0.354 e. The molecule has 3 aromatic carbocycles. The van der Waals surface area contributed by atoms with Crippen LogP contribution in [0.4, 0.5) is 0 Å². The van der Waals surface area contributed by atoms with Gasteiger partial charge in [0, 0.05) is 24.1 Å². The second kappa shape index (κ2) is 12.1. The largest absolute Gasteiger partial charge is 0.354 e. The van der Waals surface area contributed by atoms with Crippen LogP contribution in [0.25, 0.3) is 0 Å². The third-order valence-corrected chi connectivity index (χ3v) is 9.13. The zero-order chi connectivity index (χ0) is 26.3. The van der Waals surface area contributed by atoms with Gasteiger partial charge in [-0.3, -0.25) is 4.79 Å². The fraction of sp³-hybridized carbons (Fsp3) is 0.240. The molecule has 0 aliphatic rings. The van der Waals surface area contributed by atoms with Crippen molar-refractivity contribution in [1.29, 1.82) is 0 Å². The number of hydrogen-bond acceptors (Lipinski definition) is 5. The van der Waals surface area contributed by atoms with Crippen LogP contribution >= 0.6 is 15.9 Å². The Morgan fingerprint density at radius 1 is 0.778 bits per heavy atom. The lowest BCUT2D eigenvalue weighted by molar-refractivity contribution is -0.121. The number of benzene rings is 3. The molecule has 1 amide bonds. The molecule has 0 aliphatic heterocycles. The van der Waals surface area contributed by atoms with Crippen molar-refractivity contribution < 1.29 is 21.6 Å². The fourth-order valence-electron chi connectivity index (χ4n) is 3.28. The molecule has 0 saturated carbocycles. The zero-order valence-corrected chi connectivity index (χ0v) is 23.2. The summed E-state index contributed by atoms with van der Waals surface area (Å²) in [5, 5.41) is 2.59. The van der Waals surface area contributed by atoms with Crippen LogP contribution < -0.4 is 10.0 Å². The molecular formula is C25H28BrN3O5S2. The van der Waals surface area contributed by atoms with Crippen LogP contribution in [-0.4, -0.2) is 46.7 Å². The fourth-order valence-corrected chi connectivity index (χ4v) is 5.96. The molecule has 192 valence electrons. The molecule has 3 rings (SSSR count). The van der Waals surface area contributed by atoms with Crippen LogP contribution in [0.2, 0.25) is 0 Å². The minimum absolute atomic E-state index is 0.000623. The average Bonchev–Trinajstić information content (AvgIpc) is 2.83. The highest BCUT2D eigenvalue weighted by molar-refractivity contribution is 9.10. The Morgan fingerprint density at radius 2 is 1.31 bits per heavy atom. The summed E-state index contributed by atoms with van der Waals surface area (Å²) in [6.07, 6.45) is 0. The van der Waals surface area contributed by atoms with Gasteiger partial charge in [-0.05, 0) is 55.8 Å². The molecule has 2 N–H and O–H groups in total. The molecule has 0 heterocycles. The van der Waals surface area contributed by atoms with E-state index in [0.717, 1.165) is 19.9 Å². The second-order valence-electron chi connectivity index (χ2n) is 8.27. The molecule has 0 spiro atoms. The van der Waals surface area contributed by atoms with Crippen LogP contribution in [0.15, 0.2) is 87.1 Å². The van der Waals surface area contributed by atoms with Crippen molar-refractivity contribution in [2.75, 3.05) is 19.6 Å². The molecule has 0 saturated heterocycles. The van der Waals surface area contributed by atoms with Gasteiger partial charge in [-0.2, -0.15) is 4.31 Å². The SMILES string of the molecule is Cc1ccc(S(=O)(=O)NCCNC(=O)CN(Cc2ccc(Br)cc2)S(=O)(=O)c2ccc(C)cc2)cc1. The van der Waals surface area contributed by atoms with Crippen molar-refractivity contribution in [3.63, 3.8) is 0 Å². The van der Waals surface area contributed by atoms with E-state index in [1.165, 1.54) is 24.3 Å². The third kappa shape index (κ3) is 7.71. The number of hydrogen-bond donors (Lipinski definition) is 2. The number of halogens is 1. The van der Waals surface area contributed by atoms with Gasteiger partial charge in [0.2, 0.25) is 26.0 Å². The molecule has 3 aromatic rings. The predicted molar refractivity (Wildman–Crippen MR) is 142 cm³/mol. The molecule has 8 nitrogen and oxygen atoms in total. The van der Waals surface area contributed by atoms with Crippen molar-refractivity contribution in [2.45, 2.75) is 30.2 Å². The first kappa shape index (κ1) is 28.0. The van der Waals surface area contributed by atoms with Crippen molar-refractivity contribution in [2.24, 2.45) is 0 Å². The molecule has 0 radical (unpaired) electrons. The molecule has 0 atom stereocenters. The maximum Gasteiger partial charge on any atom is 0.243 e. The summed E-state index contributed by atoms with van der Waals surface area (Å²) in [5.41, 5.74) is 2.57. The number of amides is 1.